The summed E-state index contributed by atoms with van der Waals surface area (Å²) in [7, 11) is 0. The molecule has 1 fully saturated rings. The minimum absolute atomic E-state index is 0.0588. The number of halogens is 2. The molecular formula is C22H21ClFN5O2. The van der Waals surface area contributed by atoms with E-state index in [0.29, 0.717) is 24.8 Å². The maximum atomic E-state index is 13.9. The van der Waals surface area contributed by atoms with Crippen LogP contribution in [-0.4, -0.2) is 42.2 Å². The first kappa shape index (κ1) is 21.0. The Bertz CT molecular complexity index is 1070. The van der Waals surface area contributed by atoms with Crippen molar-refractivity contribution in [2.24, 2.45) is 0 Å². The van der Waals surface area contributed by atoms with Gasteiger partial charge in [0.05, 0.1) is 23.8 Å². The number of nitrogens with zero attached hydrogens (tertiary/aromatic N) is 3. The van der Waals surface area contributed by atoms with Gasteiger partial charge in [-0.3, -0.25) is 4.79 Å². The molecule has 0 unspecified atom stereocenters. The van der Waals surface area contributed by atoms with E-state index in [1.165, 1.54) is 18.2 Å². The van der Waals surface area contributed by atoms with Crippen LogP contribution in [0.1, 0.15) is 16.1 Å². The molecule has 31 heavy (non-hydrogen) atoms. The lowest BCUT2D eigenvalue weighted by atomic mass is 10.2. The number of anilines is 4. The van der Waals surface area contributed by atoms with E-state index in [1.54, 1.807) is 24.3 Å². The molecular weight excluding hydrogens is 421 g/mol. The van der Waals surface area contributed by atoms with E-state index in [9.17, 15) is 9.18 Å². The van der Waals surface area contributed by atoms with Crippen LogP contribution in [0.3, 0.4) is 0 Å². The van der Waals surface area contributed by atoms with Gasteiger partial charge in [-0.25, -0.2) is 9.37 Å². The Morgan fingerprint density at radius 2 is 1.81 bits per heavy atom. The number of hydrogen-bond donors (Lipinski definition) is 2. The Kier molecular flexibility index (Phi) is 6.29. The van der Waals surface area contributed by atoms with E-state index in [4.69, 9.17) is 16.3 Å². The number of ether oxygens (including phenoxy) is 1. The Morgan fingerprint density at radius 1 is 1.10 bits per heavy atom. The summed E-state index contributed by atoms with van der Waals surface area (Å²) in [5, 5.41) is 5.89. The van der Waals surface area contributed by atoms with Crippen molar-refractivity contribution < 1.29 is 13.9 Å². The summed E-state index contributed by atoms with van der Waals surface area (Å²) in [6, 6.07) is 13.0. The molecule has 1 amide bonds. The fraction of sp³-hybridized carbons (Fsp3) is 0.227. The van der Waals surface area contributed by atoms with Crippen LogP contribution >= 0.6 is 11.6 Å². The maximum absolute atomic E-state index is 13.9. The lowest BCUT2D eigenvalue weighted by molar-refractivity contribution is 0.102. The van der Waals surface area contributed by atoms with Crippen LogP contribution in [0.5, 0.6) is 0 Å². The largest absolute Gasteiger partial charge is 0.378 e. The fourth-order valence-electron chi connectivity index (χ4n) is 3.24. The lowest BCUT2D eigenvalue weighted by Gasteiger charge is -2.28. The van der Waals surface area contributed by atoms with E-state index < -0.39 is 11.7 Å². The van der Waals surface area contributed by atoms with Crippen molar-refractivity contribution in [3.8, 4) is 0 Å². The van der Waals surface area contributed by atoms with E-state index in [2.05, 4.69) is 25.5 Å². The highest BCUT2D eigenvalue weighted by Crippen LogP contribution is 2.23. The van der Waals surface area contributed by atoms with Crippen molar-refractivity contribution in [2.75, 3.05) is 41.8 Å². The van der Waals surface area contributed by atoms with E-state index in [1.807, 2.05) is 13.0 Å². The summed E-state index contributed by atoms with van der Waals surface area (Å²) in [5.74, 6) is 0.0531. The Morgan fingerprint density at radius 3 is 2.52 bits per heavy atom. The standard InChI is InChI=1S/C22H21ClFN5O2/c1-14-13-19(29-9-11-31-12-10-29)28-22(25-14)27-16-7-5-15(6-8-16)26-21(30)20-17(23)3-2-4-18(20)24/h2-8,13H,9-12H2,1H3,(H,26,30)(H,25,27,28). The van der Waals surface area contributed by atoms with Crippen LogP contribution < -0.4 is 15.5 Å². The number of aryl methyl sites for hydroxylation is 1. The molecule has 2 heterocycles. The molecule has 9 heteroatoms. The highest BCUT2D eigenvalue weighted by Gasteiger charge is 2.16. The number of carbonyl (C=O) groups is 1. The first-order valence-corrected chi connectivity index (χ1v) is 10.2. The van der Waals surface area contributed by atoms with Crippen LogP contribution in [0.2, 0.25) is 5.02 Å². The minimum atomic E-state index is -0.670. The number of carbonyl (C=O) groups excluding carboxylic acids is 1. The number of morpholine rings is 1. The van der Waals surface area contributed by atoms with Gasteiger partial charge in [-0.2, -0.15) is 4.98 Å². The summed E-state index contributed by atoms with van der Waals surface area (Å²) < 4.78 is 19.3. The van der Waals surface area contributed by atoms with Crippen LogP contribution in [0.25, 0.3) is 0 Å². The van der Waals surface area contributed by atoms with Crippen LogP contribution in [0, 0.1) is 12.7 Å². The summed E-state index contributed by atoms with van der Waals surface area (Å²) in [4.78, 5) is 23.6. The first-order valence-electron chi connectivity index (χ1n) is 9.80. The average Bonchev–Trinajstić information content (AvgIpc) is 2.75. The van der Waals surface area contributed by atoms with E-state index in [0.717, 1.165) is 30.3 Å². The van der Waals surface area contributed by atoms with Gasteiger partial charge < -0.3 is 20.3 Å². The second kappa shape index (κ2) is 9.28. The normalized spacial score (nSPS) is 13.7. The second-order valence-corrected chi connectivity index (χ2v) is 7.45. The predicted octanol–water partition coefficient (Wildman–Crippen LogP) is 4.41. The number of hydrogen-bond acceptors (Lipinski definition) is 6. The third kappa shape index (κ3) is 5.10. The quantitative estimate of drug-likeness (QED) is 0.610. The number of aromatic nitrogens is 2. The van der Waals surface area contributed by atoms with Gasteiger partial charge in [0.15, 0.2) is 0 Å². The zero-order valence-corrected chi connectivity index (χ0v) is 17.6. The smallest absolute Gasteiger partial charge is 0.260 e. The Labute approximate surface area is 184 Å². The topological polar surface area (TPSA) is 79.4 Å². The summed E-state index contributed by atoms with van der Waals surface area (Å²) >= 11 is 5.95. The Hall–Kier alpha value is -3.23. The molecule has 0 aliphatic carbocycles. The van der Waals surface area contributed by atoms with Crippen molar-refractivity contribution in [1.82, 2.24) is 9.97 Å². The molecule has 2 aromatic carbocycles. The number of rotatable bonds is 5. The van der Waals surface area contributed by atoms with Crippen LogP contribution in [-0.2, 0) is 4.74 Å². The van der Waals surface area contributed by atoms with Crippen LogP contribution in [0.4, 0.5) is 27.5 Å². The van der Waals surface area contributed by atoms with Crippen molar-refractivity contribution in [3.63, 3.8) is 0 Å². The summed E-state index contributed by atoms with van der Waals surface area (Å²) in [6.45, 7) is 4.85. The maximum Gasteiger partial charge on any atom is 0.260 e. The molecule has 0 spiro atoms. The molecule has 0 radical (unpaired) electrons. The SMILES string of the molecule is Cc1cc(N2CCOCC2)nc(Nc2ccc(NC(=O)c3c(F)cccc3Cl)cc2)n1. The molecule has 1 aliphatic heterocycles. The summed E-state index contributed by atoms with van der Waals surface area (Å²) in [6.07, 6.45) is 0. The molecule has 0 saturated carbocycles. The Balaban J connectivity index is 1.45. The van der Waals surface area contributed by atoms with Crippen molar-refractivity contribution >= 4 is 40.6 Å². The van der Waals surface area contributed by atoms with Crippen LogP contribution in [0.15, 0.2) is 48.5 Å². The van der Waals surface area contributed by atoms with Crippen molar-refractivity contribution in [1.29, 1.82) is 0 Å². The highest BCUT2D eigenvalue weighted by molar-refractivity contribution is 6.34. The third-order valence-corrected chi connectivity index (χ3v) is 5.08. The van der Waals surface area contributed by atoms with Crippen molar-refractivity contribution in [3.05, 3.63) is 70.6 Å². The first-order chi connectivity index (χ1) is 15.0. The van der Waals surface area contributed by atoms with Gasteiger partial charge in [0.2, 0.25) is 5.95 Å². The van der Waals surface area contributed by atoms with Gasteiger partial charge in [0, 0.05) is 36.2 Å². The minimum Gasteiger partial charge on any atom is -0.378 e. The molecule has 160 valence electrons. The lowest BCUT2D eigenvalue weighted by Crippen LogP contribution is -2.36. The van der Waals surface area contributed by atoms with Gasteiger partial charge in [-0.15, -0.1) is 0 Å². The van der Waals surface area contributed by atoms with Crippen molar-refractivity contribution in [2.45, 2.75) is 6.92 Å². The highest BCUT2D eigenvalue weighted by atomic mass is 35.5. The van der Waals surface area contributed by atoms with Gasteiger partial charge >= 0.3 is 0 Å². The zero-order valence-electron chi connectivity index (χ0n) is 16.9. The molecule has 4 rings (SSSR count). The molecule has 1 saturated heterocycles. The van der Waals surface area contributed by atoms with Gasteiger partial charge in [-0.05, 0) is 43.3 Å². The molecule has 3 aromatic rings. The van der Waals surface area contributed by atoms with Gasteiger partial charge in [0.1, 0.15) is 11.6 Å². The van der Waals surface area contributed by atoms with E-state index >= 15 is 0 Å². The zero-order chi connectivity index (χ0) is 21.8. The third-order valence-electron chi connectivity index (χ3n) is 4.76. The van der Waals surface area contributed by atoms with Gasteiger partial charge in [-0.1, -0.05) is 17.7 Å². The molecule has 0 atom stereocenters. The number of amides is 1. The number of nitrogens with one attached hydrogen (secondary N) is 2. The summed E-state index contributed by atoms with van der Waals surface area (Å²) in [5.41, 5.74) is 1.93. The molecule has 7 nitrogen and oxygen atoms in total. The predicted molar refractivity (Wildman–Crippen MR) is 119 cm³/mol. The molecule has 0 bridgehead atoms. The molecule has 1 aromatic heterocycles. The number of benzene rings is 2. The second-order valence-electron chi connectivity index (χ2n) is 7.04. The molecule has 2 N–H and O–H groups in total. The van der Waals surface area contributed by atoms with E-state index in [-0.39, 0.29) is 10.6 Å². The fourth-order valence-corrected chi connectivity index (χ4v) is 3.49. The monoisotopic (exact) mass is 441 g/mol. The van der Waals surface area contributed by atoms with Gasteiger partial charge in [0.25, 0.3) is 5.91 Å². The molecule has 1 aliphatic rings. The average molecular weight is 442 g/mol.